The summed E-state index contributed by atoms with van der Waals surface area (Å²) in [6, 6.07) is 1.77. The van der Waals surface area contributed by atoms with Gasteiger partial charge in [-0.3, -0.25) is 4.79 Å². The number of nitrogens with two attached hydrogens (primary N) is 1. The maximum absolute atomic E-state index is 11.2. The largest absolute Gasteiger partial charge is 0.480 e. The van der Waals surface area contributed by atoms with E-state index in [1.807, 2.05) is 0 Å². The first kappa shape index (κ1) is 13.3. The molecule has 1 saturated carbocycles. The number of hydrogen-bond donors (Lipinski definition) is 2. The first-order valence-corrected chi connectivity index (χ1v) is 7.03. The van der Waals surface area contributed by atoms with Crippen LogP contribution in [-0.4, -0.2) is 32.3 Å². The Balaban J connectivity index is 1.85. The number of aliphatic carboxylic acids is 1. The zero-order valence-corrected chi connectivity index (χ0v) is 10.9. The van der Waals surface area contributed by atoms with Crippen molar-refractivity contribution in [2.24, 2.45) is 11.7 Å². The Labute approximate surface area is 110 Å². The van der Waals surface area contributed by atoms with Crippen molar-refractivity contribution < 1.29 is 9.90 Å². The molecule has 0 spiro atoms. The monoisotopic (exact) mass is 267 g/mol. The Bertz CT molecular complexity index is 415. The lowest BCUT2D eigenvalue weighted by Crippen LogP contribution is -2.51. The van der Waals surface area contributed by atoms with Gasteiger partial charge in [0.15, 0.2) is 5.16 Å². The predicted octanol–water partition coefficient (Wildman–Crippen LogP) is 1.54. The molecule has 0 aromatic carbocycles. The summed E-state index contributed by atoms with van der Waals surface area (Å²) in [5.74, 6) is -0.00171. The van der Waals surface area contributed by atoms with Crippen molar-refractivity contribution in [2.45, 2.75) is 36.4 Å². The van der Waals surface area contributed by atoms with Gasteiger partial charge in [0, 0.05) is 18.1 Å². The summed E-state index contributed by atoms with van der Waals surface area (Å²) in [5.41, 5.74) is 4.96. The van der Waals surface area contributed by atoms with E-state index in [9.17, 15) is 9.90 Å². The number of rotatable bonds is 5. The molecule has 1 heterocycles. The van der Waals surface area contributed by atoms with Gasteiger partial charge in [0.2, 0.25) is 0 Å². The summed E-state index contributed by atoms with van der Waals surface area (Å²) < 4.78 is 0. The lowest BCUT2D eigenvalue weighted by atomic mass is 9.86. The third-order valence-electron chi connectivity index (χ3n) is 3.51. The molecule has 2 rings (SSSR count). The van der Waals surface area contributed by atoms with E-state index in [2.05, 4.69) is 9.97 Å². The summed E-state index contributed by atoms with van der Waals surface area (Å²) in [4.78, 5) is 19.4. The summed E-state index contributed by atoms with van der Waals surface area (Å²) in [7, 11) is 0. The first-order valence-electron chi connectivity index (χ1n) is 6.05. The molecule has 0 radical (unpaired) electrons. The summed E-state index contributed by atoms with van der Waals surface area (Å²) >= 11 is 1.55. The van der Waals surface area contributed by atoms with Crippen LogP contribution in [0.5, 0.6) is 0 Å². The Morgan fingerprint density at radius 3 is 2.94 bits per heavy atom. The summed E-state index contributed by atoms with van der Waals surface area (Å²) in [6.07, 6.45) is 6.59. The van der Waals surface area contributed by atoms with Crippen LogP contribution in [0, 0.1) is 5.92 Å². The second-order valence-corrected chi connectivity index (χ2v) is 5.67. The molecule has 0 bridgehead atoms. The zero-order chi connectivity index (χ0) is 13.0. The number of nitrogens with zero attached hydrogens (tertiary/aromatic N) is 2. The quantitative estimate of drug-likeness (QED) is 0.621. The lowest BCUT2D eigenvalue weighted by Gasteiger charge is -2.26. The van der Waals surface area contributed by atoms with Crippen LogP contribution < -0.4 is 5.73 Å². The highest BCUT2D eigenvalue weighted by molar-refractivity contribution is 7.99. The molecule has 0 amide bonds. The van der Waals surface area contributed by atoms with E-state index in [1.54, 1.807) is 30.2 Å². The molecule has 5 nitrogen and oxygen atoms in total. The average Bonchev–Trinajstić information content (AvgIpc) is 2.74. The molecule has 2 atom stereocenters. The van der Waals surface area contributed by atoms with Gasteiger partial charge in [-0.05, 0) is 31.2 Å². The van der Waals surface area contributed by atoms with Crippen LogP contribution in [0.15, 0.2) is 23.6 Å². The van der Waals surface area contributed by atoms with Gasteiger partial charge >= 0.3 is 5.97 Å². The van der Waals surface area contributed by atoms with E-state index in [4.69, 9.17) is 5.73 Å². The molecule has 1 aliphatic rings. The van der Waals surface area contributed by atoms with Gasteiger partial charge in [-0.25, -0.2) is 9.97 Å². The maximum atomic E-state index is 11.2. The topological polar surface area (TPSA) is 89.1 Å². The normalized spacial score (nSPS) is 27.3. The van der Waals surface area contributed by atoms with Crippen molar-refractivity contribution in [1.82, 2.24) is 9.97 Å². The van der Waals surface area contributed by atoms with Crippen molar-refractivity contribution in [3.8, 4) is 0 Å². The number of thioether (sulfide) groups is 1. The molecule has 0 saturated heterocycles. The fourth-order valence-corrected chi connectivity index (χ4v) is 3.29. The Kier molecular flexibility index (Phi) is 4.19. The van der Waals surface area contributed by atoms with Gasteiger partial charge in [-0.2, -0.15) is 0 Å². The Hall–Kier alpha value is -1.14. The number of aromatic nitrogens is 2. The van der Waals surface area contributed by atoms with Crippen molar-refractivity contribution in [1.29, 1.82) is 0 Å². The molecule has 98 valence electrons. The Morgan fingerprint density at radius 1 is 1.56 bits per heavy atom. The highest BCUT2D eigenvalue weighted by atomic mass is 32.2. The van der Waals surface area contributed by atoms with Crippen LogP contribution in [0.3, 0.4) is 0 Å². The smallest absolute Gasteiger partial charge is 0.323 e. The molecule has 1 fully saturated rings. The molecular weight excluding hydrogens is 250 g/mol. The summed E-state index contributed by atoms with van der Waals surface area (Å²) in [6.45, 7) is 0. The highest BCUT2D eigenvalue weighted by Gasteiger charge is 2.45. The molecular formula is C12H17N3O2S. The standard InChI is InChI=1S/C12H17N3O2S/c13-12(10(16)17)5-1-3-9(12)4-8-18-11-14-6-2-7-15-11/h2,6-7,9H,1,3-5,8,13H2,(H,16,17). The van der Waals surface area contributed by atoms with Gasteiger partial charge in [-0.1, -0.05) is 18.2 Å². The van der Waals surface area contributed by atoms with Gasteiger partial charge in [0.25, 0.3) is 0 Å². The summed E-state index contributed by atoms with van der Waals surface area (Å²) in [5, 5.41) is 9.93. The molecule has 0 aliphatic heterocycles. The number of hydrogen-bond acceptors (Lipinski definition) is 5. The molecule has 2 unspecified atom stereocenters. The van der Waals surface area contributed by atoms with Gasteiger partial charge in [0.05, 0.1) is 0 Å². The fourth-order valence-electron chi connectivity index (χ4n) is 2.44. The van der Waals surface area contributed by atoms with Crippen LogP contribution in [0.4, 0.5) is 0 Å². The average molecular weight is 267 g/mol. The zero-order valence-electron chi connectivity index (χ0n) is 10.1. The molecule has 1 aliphatic carbocycles. The van der Waals surface area contributed by atoms with E-state index in [1.165, 1.54) is 0 Å². The third-order valence-corrected chi connectivity index (χ3v) is 4.42. The van der Waals surface area contributed by atoms with Crippen LogP contribution in [-0.2, 0) is 4.79 Å². The molecule has 18 heavy (non-hydrogen) atoms. The van der Waals surface area contributed by atoms with Gasteiger partial charge < -0.3 is 10.8 Å². The van der Waals surface area contributed by atoms with Crippen molar-refractivity contribution >= 4 is 17.7 Å². The van der Waals surface area contributed by atoms with Crippen molar-refractivity contribution in [3.05, 3.63) is 18.5 Å². The number of carboxylic acids is 1. The second kappa shape index (κ2) is 5.67. The number of carboxylic acid groups (broad SMARTS) is 1. The Morgan fingerprint density at radius 2 is 2.28 bits per heavy atom. The van der Waals surface area contributed by atoms with Gasteiger partial charge in [-0.15, -0.1) is 0 Å². The second-order valence-electron chi connectivity index (χ2n) is 4.60. The molecule has 3 N–H and O–H groups in total. The van der Waals surface area contributed by atoms with E-state index in [-0.39, 0.29) is 5.92 Å². The molecule has 1 aromatic heterocycles. The maximum Gasteiger partial charge on any atom is 0.323 e. The third kappa shape index (κ3) is 2.81. The number of carbonyl (C=O) groups is 1. The van der Waals surface area contributed by atoms with Gasteiger partial charge in [0.1, 0.15) is 5.54 Å². The first-order chi connectivity index (χ1) is 8.63. The van der Waals surface area contributed by atoms with E-state index < -0.39 is 11.5 Å². The van der Waals surface area contributed by atoms with Crippen molar-refractivity contribution in [2.75, 3.05) is 5.75 Å². The highest BCUT2D eigenvalue weighted by Crippen LogP contribution is 2.37. The predicted molar refractivity (Wildman–Crippen MR) is 69.3 cm³/mol. The SMILES string of the molecule is NC1(C(=O)O)CCCC1CCSc1ncccn1. The van der Waals surface area contributed by atoms with E-state index >= 15 is 0 Å². The molecule has 1 aromatic rings. The van der Waals surface area contributed by atoms with Crippen LogP contribution in [0.25, 0.3) is 0 Å². The van der Waals surface area contributed by atoms with Crippen LogP contribution in [0.1, 0.15) is 25.7 Å². The molecule has 6 heteroatoms. The van der Waals surface area contributed by atoms with Crippen LogP contribution in [0.2, 0.25) is 0 Å². The van der Waals surface area contributed by atoms with Crippen LogP contribution >= 0.6 is 11.8 Å². The minimum Gasteiger partial charge on any atom is -0.480 e. The van der Waals surface area contributed by atoms with Crippen molar-refractivity contribution in [3.63, 3.8) is 0 Å². The van der Waals surface area contributed by atoms with E-state index in [0.717, 1.165) is 30.2 Å². The lowest BCUT2D eigenvalue weighted by molar-refractivity contribution is -0.144. The van der Waals surface area contributed by atoms with E-state index in [0.29, 0.717) is 6.42 Å². The minimum absolute atomic E-state index is 0.0613. The fraction of sp³-hybridized carbons (Fsp3) is 0.583. The minimum atomic E-state index is -1.03.